The molecule has 0 unspecified atom stereocenters. The highest BCUT2D eigenvalue weighted by molar-refractivity contribution is 5.49. The molecule has 3 nitrogen and oxygen atoms in total. The summed E-state index contributed by atoms with van der Waals surface area (Å²) in [5.74, 6) is 0. The molecule has 1 heterocycles. The van der Waals surface area contributed by atoms with Gasteiger partial charge in [0, 0.05) is 25.6 Å². The summed E-state index contributed by atoms with van der Waals surface area (Å²) in [5, 5.41) is 0. The predicted molar refractivity (Wildman–Crippen MR) is 73.7 cm³/mol. The van der Waals surface area contributed by atoms with Crippen LogP contribution in [0, 0.1) is 5.41 Å². The van der Waals surface area contributed by atoms with Gasteiger partial charge in [0.2, 0.25) is 6.41 Å². The molecule has 0 aromatic heterocycles. The third-order valence-electron chi connectivity index (χ3n) is 5.04. The number of likely N-dealkylation sites (tertiary alicyclic amines) is 1. The second-order valence-electron chi connectivity index (χ2n) is 6.07. The number of methoxy groups -OCH3 is 1. The highest BCUT2D eigenvalue weighted by Crippen LogP contribution is 2.50. The molecule has 1 spiro atoms. The smallest absolute Gasteiger partial charge is 0.209 e. The largest absolute Gasteiger partial charge is 0.374 e. The molecule has 3 heteroatoms. The average molecular weight is 259 g/mol. The fourth-order valence-electron chi connectivity index (χ4n) is 3.74. The van der Waals surface area contributed by atoms with Gasteiger partial charge in [-0.1, -0.05) is 30.3 Å². The van der Waals surface area contributed by atoms with Crippen LogP contribution in [-0.4, -0.2) is 31.5 Å². The fourth-order valence-corrected chi connectivity index (χ4v) is 3.74. The first-order valence-corrected chi connectivity index (χ1v) is 7.02. The summed E-state index contributed by atoms with van der Waals surface area (Å²) in [6, 6.07) is 10.5. The van der Waals surface area contributed by atoms with Gasteiger partial charge in [0.05, 0.1) is 5.60 Å². The second-order valence-corrected chi connectivity index (χ2v) is 6.07. The third-order valence-corrected chi connectivity index (χ3v) is 5.04. The van der Waals surface area contributed by atoms with E-state index in [9.17, 15) is 4.79 Å². The molecular weight excluding hydrogens is 238 g/mol. The number of hydrogen-bond donors (Lipinski definition) is 0. The Balaban J connectivity index is 1.73. The van der Waals surface area contributed by atoms with Gasteiger partial charge < -0.3 is 9.64 Å². The molecule has 1 aliphatic carbocycles. The van der Waals surface area contributed by atoms with Crippen LogP contribution in [0.1, 0.15) is 31.2 Å². The van der Waals surface area contributed by atoms with E-state index in [1.54, 1.807) is 0 Å². The molecule has 2 aliphatic rings. The van der Waals surface area contributed by atoms with Crippen molar-refractivity contribution in [3.05, 3.63) is 35.9 Å². The number of benzene rings is 1. The Morgan fingerprint density at radius 1 is 1.11 bits per heavy atom. The molecule has 0 radical (unpaired) electrons. The van der Waals surface area contributed by atoms with Crippen LogP contribution in [0.2, 0.25) is 0 Å². The van der Waals surface area contributed by atoms with E-state index in [2.05, 4.69) is 24.3 Å². The van der Waals surface area contributed by atoms with Gasteiger partial charge >= 0.3 is 0 Å². The van der Waals surface area contributed by atoms with Crippen molar-refractivity contribution in [3.8, 4) is 0 Å². The first-order chi connectivity index (χ1) is 9.22. The number of carbonyl (C=O) groups is 1. The number of carbonyl (C=O) groups excluding carboxylic acids is 1. The van der Waals surface area contributed by atoms with Gasteiger partial charge in [-0.05, 0) is 31.2 Å². The van der Waals surface area contributed by atoms with Gasteiger partial charge in [0.1, 0.15) is 0 Å². The normalized spacial score (nSPS) is 23.9. The van der Waals surface area contributed by atoms with Crippen LogP contribution in [0.25, 0.3) is 0 Å². The van der Waals surface area contributed by atoms with E-state index in [1.165, 1.54) is 5.56 Å². The molecule has 19 heavy (non-hydrogen) atoms. The summed E-state index contributed by atoms with van der Waals surface area (Å²) < 4.78 is 5.90. The van der Waals surface area contributed by atoms with E-state index < -0.39 is 0 Å². The van der Waals surface area contributed by atoms with Gasteiger partial charge in [-0.2, -0.15) is 0 Å². The molecule has 1 aromatic rings. The van der Waals surface area contributed by atoms with Crippen LogP contribution < -0.4 is 0 Å². The monoisotopic (exact) mass is 259 g/mol. The van der Waals surface area contributed by atoms with E-state index in [-0.39, 0.29) is 5.60 Å². The van der Waals surface area contributed by atoms with E-state index in [0.29, 0.717) is 5.41 Å². The summed E-state index contributed by atoms with van der Waals surface area (Å²) in [5.41, 5.74) is 1.55. The first kappa shape index (κ1) is 12.7. The molecular formula is C16H21NO2. The van der Waals surface area contributed by atoms with Crippen LogP contribution in [0.3, 0.4) is 0 Å². The van der Waals surface area contributed by atoms with Gasteiger partial charge in [-0.3, -0.25) is 4.79 Å². The molecule has 1 saturated carbocycles. The van der Waals surface area contributed by atoms with Gasteiger partial charge in [-0.25, -0.2) is 0 Å². The molecule has 102 valence electrons. The van der Waals surface area contributed by atoms with E-state index >= 15 is 0 Å². The minimum Gasteiger partial charge on any atom is -0.374 e. The lowest BCUT2D eigenvalue weighted by atomic mass is 9.63. The third kappa shape index (κ3) is 2.06. The lowest BCUT2D eigenvalue weighted by molar-refractivity contribution is -0.141. The lowest BCUT2D eigenvalue weighted by Gasteiger charge is -2.54. The molecule has 0 N–H and O–H groups in total. The Bertz CT molecular complexity index is 441. The van der Waals surface area contributed by atoms with Crippen molar-refractivity contribution in [3.63, 3.8) is 0 Å². The molecule has 1 aromatic carbocycles. The van der Waals surface area contributed by atoms with Crippen molar-refractivity contribution in [1.29, 1.82) is 0 Å². The lowest BCUT2D eigenvalue weighted by Crippen LogP contribution is -2.58. The average Bonchev–Trinajstić information content (AvgIpc) is 2.46. The molecule has 1 saturated heterocycles. The maximum absolute atomic E-state index is 10.7. The topological polar surface area (TPSA) is 29.5 Å². The van der Waals surface area contributed by atoms with Gasteiger partial charge in [-0.15, -0.1) is 0 Å². The molecule has 1 aliphatic heterocycles. The van der Waals surface area contributed by atoms with Gasteiger partial charge in [0.15, 0.2) is 0 Å². The molecule has 0 bridgehead atoms. The van der Waals surface area contributed by atoms with Crippen molar-refractivity contribution >= 4 is 6.41 Å². The van der Waals surface area contributed by atoms with Crippen molar-refractivity contribution in [2.24, 2.45) is 5.41 Å². The fraction of sp³-hybridized carbons (Fsp3) is 0.562. The highest BCUT2D eigenvalue weighted by atomic mass is 16.5. The number of amides is 1. The Hall–Kier alpha value is -1.35. The molecule has 1 amide bonds. The number of ether oxygens (including phenoxy) is 1. The minimum atomic E-state index is -0.117. The maximum atomic E-state index is 10.7. The quantitative estimate of drug-likeness (QED) is 0.781. The Labute approximate surface area is 114 Å². The van der Waals surface area contributed by atoms with Crippen LogP contribution >= 0.6 is 0 Å². The first-order valence-electron chi connectivity index (χ1n) is 7.02. The SMILES string of the molecule is COC1(c2ccccc2)CCC2(CC1)CN(C=O)C2. The summed E-state index contributed by atoms with van der Waals surface area (Å²) in [6.45, 7) is 1.87. The number of hydrogen-bond acceptors (Lipinski definition) is 2. The van der Waals surface area contributed by atoms with E-state index in [4.69, 9.17) is 4.74 Å². The Kier molecular flexibility index (Phi) is 3.09. The van der Waals surface area contributed by atoms with Crippen LogP contribution in [-0.2, 0) is 15.1 Å². The van der Waals surface area contributed by atoms with Crippen molar-refractivity contribution in [2.45, 2.75) is 31.3 Å². The Morgan fingerprint density at radius 2 is 1.74 bits per heavy atom. The van der Waals surface area contributed by atoms with E-state index in [1.807, 2.05) is 18.1 Å². The summed E-state index contributed by atoms with van der Waals surface area (Å²) in [7, 11) is 1.82. The standard InChI is InChI=1S/C16H21NO2/c1-19-16(14-5-3-2-4-6-14)9-7-15(8-10-16)11-17(12-15)13-18/h2-6,13H,7-12H2,1H3. The second kappa shape index (κ2) is 4.64. The minimum absolute atomic E-state index is 0.117. The zero-order valence-electron chi connectivity index (χ0n) is 11.5. The van der Waals surface area contributed by atoms with Crippen molar-refractivity contribution in [1.82, 2.24) is 4.90 Å². The number of rotatable bonds is 3. The maximum Gasteiger partial charge on any atom is 0.209 e. The van der Waals surface area contributed by atoms with Crippen LogP contribution in [0.5, 0.6) is 0 Å². The zero-order valence-corrected chi connectivity index (χ0v) is 11.5. The predicted octanol–water partition coefficient (Wildman–Crippen LogP) is 2.56. The van der Waals surface area contributed by atoms with Crippen LogP contribution in [0.4, 0.5) is 0 Å². The van der Waals surface area contributed by atoms with Crippen molar-refractivity contribution in [2.75, 3.05) is 20.2 Å². The van der Waals surface area contributed by atoms with Crippen molar-refractivity contribution < 1.29 is 9.53 Å². The highest BCUT2D eigenvalue weighted by Gasteiger charge is 2.49. The Morgan fingerprint density at radius 3 is 2.26 bits per heavy atom. The zero-order chi connectivity index (χ0) is 13.3. The van der Waals surface area contributed by atoms with E-state index in [0.717, 1.165) is 45.2 Å². The summed E-state index contributed by atoms with van der Waals surface area (Å²) in [4.78, 5) is 12.6. The summed E-state index contributed by atoms with van der Waals surface area (Å²) >= 11 is 0. The molecule has 0 atom stereocenters. The number of nitrogens with zero attached hydrogens (tertiary/aromatic N) is 1. The summed E-state index contributed by atoms with van der Waals surface area (Å²) in [6.07, 6.45) is 5.39. The molecule has 3 rings (SSSR count). The molecule has 2 fully saturated rings. The van der Waals surface area contributed by atoms with Crippen LogP contribution in [0.15, 0.2) is 30.3 Å². The van der Waals surface area contributed by atoms with Gasteiger partial charge in [0.25, 0.3) is 0 Å².